The van der Waals surface area contributed by atoms with Gasteiger partial charge in [-0.3, -0.25) is 4.79 Å². The van der Waals surface area contributed by atoms with Crippen LogP contribution < -0.4 is 5.73 Å². The number of hydrogen-bond acceptors (Lipinski definition) is 4. The predicted octanol–water partition coefficient (Wildman–Crippen LogP) is 1.44. The van der Waals surface area contributed by atoms with Gasteiger partial charge in [0.1, 0.15) is 0 Å². The van der Waals surface area contributed by atoms with Gasteiger partial charge in [0.15, 0.2) is 11.6 Å². The zero-order valence-electron chi connectivity index (χ0n) is 11.4. The number of nitrogen functional groups attached to an aromatic ring is 1. The molecule has 0 saturated heterocycles. The minimum Gasteiger partial charge on any atom is -0.395 e. The van der Waals surface area contributed by atoms with Crippen LogP contribution in [0.4, 0.5) is 10.2 Å². The normalized spacial score (nSPS) is 10.4. The zero-order chi connectivity index (χ0) is 15.2. The van der Waals surface area contributed by atoms with E-state index in [0.29, 0.717) is 0 Å². The Balaban J connectivity index is 2.25. The lowest BCUT2D eigenvalue weighted by molar-refractivity contribution is 0.0703. The van der Waals surface area contributed by atoms with Crippen LogP contribution >= 0.6 is 0 Å². The maximum absolute atomic E-state index is 13.9. The van der Waals surface area contributed by atoms with Crippen LogP contribution in [0.1, 0.15) is 15.9 Å². The molecule has 0 atom stereocenters. The number of aliphatic hydroxyl groups is 1. The van der Waals surface area contributed by atoms with Crippen molar-refractivity contribution in [3.8, 4) is 0 Å². The van der Waals surface area contributed by atoms with E-state index in [0.717, 1.165) is 5.56 Å². The van der Waals surface area contributed by atoms with Gasteiger partial charge in [-0.05, 0) is 11.6 Å². The first kappa shape index (κ1) is 14.9. The van der Waals surface area contributed by atoms with Crippen molar-refractivity contribution in [1.29, 1.82) is 0 Å². The summed E-state index contributed by atoms with van der Waals surface area (Å²) in [4.78, 5) is 17.4. The number of amides is 1. The Labute approximate surface area is 121 Å². The number of nitrogens with zero attached hydrogens (tertiary/aromatic N) is 2. The number of halogens is 1. The Hall–Kier alpha value is -2.47. The third-order valence-electron chi connectivity index (χ3n) is 3.02. The van der Waals surface area contributed by atoms with Crippen molar-refractivity contribution >= 4 is 11.7 Å². The summed E-state index contributed by atoms with van der Waals surface area (Å²) in [5.41, 5.74) is 6.12. The highest BCUT2D eigenvalue weighted by atomic mass is 19.1. The van der Waals surface area contributed by atoms with E-state index in [9.17, 15) is 9.18 Å². The van der Waals surface area contributed by atoms with Gasteiger partial charge in [-0.2, -0.15) is 0 Å². The van der Waals surface area contributed by atoms with E-state index < -0.39 is 11.7 Å². The second-order valence-corrected chi connectivity index (χ2v) is 4.49. The van der Waals surface area contributed by atoms with Gasteiger partial charge in [-0.1, -0.05) is 30.3 Å². The lowest BCUT2D eigenvalue weighted by atomic mass is 10.1. The van der Waals surface area contributed by atoms with Gasteiger partial charge >= 0.3 is 0 Å². The number of aliphatic hydroxyl groups excluding tert-OH is 1. The minimum atomic E-state index is -0.835. The first-order valence-electron chi connectivity index (χ1n) is 6.47. The average molecular weight is 289 g/mol. The highest BCUT2D eigenvalue weighted by Crippen LogP contribution is 2.16. The molecule has 0 aliphatic heterocycles. The topological polar surface area (TPSA) is 79.5 Å². The molecule has 0 spiro atoms. The van der Waals surface area contributed by atoms with Crippen LogP contribution in [0, 0.1) is 5.82 Å². The fourth-order valence-electron chi connectivity index (χ4n) is 1.97. The Kier molecular flexibility index (Phi) is 4.84. The van der Waals surface area contributed by atoms with Crippen molar-refractivity contribution in [2.45, 2.75) is 6.54 Å². The van der Waals surface area contributed by atoms with E-state index in [2.05, 4.69) is 4.98 Å². The van der Waals surface area contributed by atoms with E-state index in [4.69, 9.17) is 10.8 Å². The zero-order valence-corrected chi connectivity index (χ0v) is 11.4. The Morgan fingerprint density at radius 3 is 2.67 bits per heavy atom. The lowest BCUT2D eigenvalue weighted by Crippen LogP contribution is -2.33. The molecule has 0 unspecified atom stereocenters. The second-order valence-electron chi connectivity index (χ2n) is 4.49. The van der Waals surface area contributed by atoms with Crippen molar-refractivity contribution in [3.05, 3.63) is 59.5 Å². The first-order chi connectivity index (χ1) is 10.1. The van der Waals surface area contributed by atoms with Crippen LogP contribution in [0.2, 0.25) is 0 Å². The third-order valence-corrected chi connectivity index (χ3v) is 3.02. The van der Waals surface area contributed by atoms with Crippen LogP contribution in [-0.4, -0.2) is 34.0 Å². The van der Waals surface area contributed by atoms with Crippen molar-refractivity contribution < 1.29 is 14.3 Å². The van der Waals surface area contributed by atoms with Gasteiger partial charge in [0.05, 0.1) is 12.2 Å². The summed E-state index contributed by atoms with van der Waals surface area (Å²) in [6.07, 6.45) is 1.28. The monoisotopic (exact) mass is 289 g/mol. The van der Waals surface area contributed by atoms with Crippen LogP contribution in [-0.2, 0) is 6.54 Å². The lowest BCUT2D eigenvalue weighted by Gasteiger charge is -2.22. The van der Waals surface area contributed by atoms with Gasteiger partial charge < -0.3 is 15.7 Å². The molecule has 0 radical (unpaired) electrons. The van der Waals surface area contributed by atoms with Crippen LogP contribution in [0.3, 0.4) is 0 Å². The van der Waals surface area contributed by atoms with Crippen LogP contribution in [0.15, 0.2) is 42.6 Å². The summed E-state index contributed by atoms with van der Waals surface area (Å²) >= 11 is 0. The quantitative estimate of drug-likeness (QED) is 0.873. The molecule has 110 valence electrons. The summed E-state index contributed by atoms with van der Waals surface area (Å²) < 4.78 is 13.9. The van der Waals surface area contributed by atoms with E-state index in [-0.39, 0.29) is 31.1 Å². The van der Waals surface area contributed by atoms with Gasteiger partial charge in [0.25, 0.3) is 5.91 Å². The molecule has 0 aliphatic rings. The molecule has 0 bridgehead atoms. The molecule has 0 aliphatic carbocycles. The molecule has 0 fully saturated rings. The molecular formula is C15H16FN3O2. The number of nitrogens with two attached hydrogens (primary N) is 1. The standard InChI is InChI=1S/C15H16FN3O2/c16-13-12(6-7-18-14(13)17)15(21)19(8-9-20)10-11-4-2-1-3-5-11/h1-7,20H,8-10H2,(H2,17,18). The molecule has 2 rings (SSSR count). The average Bonchev–Trinajstić information content (AvgIpc) is 2.50. The Morgan fingerprint density at radius 1 is 1.29 bits per heavy atom. The first-order valence-corrected chi connectivity index (χ1v) is 6.47. The van der Waals surface area contributed by atoms with E-state index in [1.54, 1.807) is 0 Å². The number of benzene rings is 1. The summed E-state index contributed by atoms with van der Waals surface area (Å²) in [6.45, 7) is 0.179. The fourth-order valence-corrected chi connectivity index (χ4v) is 1.97. The number of carbonyl (C=O) groups is 1. The van der Waals surface area contributed by atoms with Crippen molar-refractivity contribution in [2.75, 3.05) is 18.9 Å². The molecule has 5 nitrogen and oxygen atoms in total. The SMILES string of the molecule is Nc1nccc(C(=O)N(CCO)Cc2ccccc2)c1F. The number of hydrogen-bond donors (Lipinski definition) is 2. The Morgan fingerprint density at radius 2 is 2.00 bits per heavy atom. The molecule has 3 N–H and O–H groups in total. The molecule has 1 aromatic heterocycles. The number of pyridine rings is 1. The number of carbonyl (C=O) groups excluding carboxylic acids is 1. The fraction of sp³-hybridized carbons (Fsp3) is 0.200. The van der Waals surface area contributed by atoms with Crippen molar-refractivity contribution in [2.24, 2.45) is 0 Å². The largest absolute Gasteiger partial charge is 0.395 e. The van der Waals surface area contributed by atoms with E-state index in [1.165, 1.54) is 17.2 Å². The smallest absolute Gasteiger partial charge is 0.257 e. The number of aromatic nitrogens is 1. The van der Waals surface area contributed by atoms with E-state index >= 15 is 0 Å². The summed E-state index contributed by atoms with van der Waals surface area (Å²) in [6, 6.07) is 10.6. The maximum Gasteiger partial charge on any atom is 0.257 e. The molecule has 6 heteroatoms. The highest BCUT2D eigenvalue weighted by molar-refractivity contribution is 5.95. The summed E-state index contributed by atoms with van der Waals surface area (Å²) in [5.74, 6) is -1.68. The Bertz CT molecular complexity index is 620. The van der Waals surface area contributed by atoms with Crippen LogP contribution in [0.5, 0.6) is 0 Å². The van der Waals surface area contributed by atoms with Gasteiger partial charge in [-0.15, -0.1) is 0 Å². The molecule has 0 saturated carbocycles. The molecular weight excluding hydrogens is 273 g/mol. The van der Waals surface area contributed by atoms with Gasteiger partial charge in [-0.25, -0.2) is 9.37 Å². The third kappa shape index (κ3) is 3.55. The molecule has 2 aromatic rings. The van der Waals surface area contributed by atoms with Crippen molar-refractivity contribution in [3.63, 3.8) is 0 Å². The summed E-state index contributed by atoms with van der Waals surface area (Å²) in [7, 11) is 0. The summed E-state index contributed by atoms with van der Waals surface area (Å²) in [5, 5.41) is 9.11. The molecule has 1 aromatic carbocycles. The van der Waals surface area contributed by atoms with Crippen molar-refractivity contribution in [1.82, 2.24) is 9.88 Å². The number of rotatable bonds is 5. The highest BCUT2D eigenvalue weighted by Gasteiger charge is 2.20. The number of anilines is 1. The molecule has 1 heterocycles. The molecule has 1 amide bonds. The predicted molar refractivity (Wildman–Crippen MR) is 76.9 cm³/mol. The van der Waals surface area contributed by atoms with Gasteiger partial charge in [0, 0.05) is 19.3 Å². The minimum absolute atomic E-state index is 0.107. The van der Waals surface area contributed by atoms with Gasteiger partial charge in [0.2, 0.25) is 0 Å². The van der Waals surface area contributed by atoms with Crippen LogP contribution in [0.25, 0.3) is 0 Å². The van der Waals surface area contributed by atoms with E-state index in [1.807, 2.05) is 30.3 Å². The second kappa shape index (κ2) is 6.81. The maximum atomic E-state index is 13.9. The molecule has 21 heavy (non-hydrogen) atoms.